The summed E-state index contributed by atoms with van der Waals surface area (Å²) in [6.07, 6.45) is 0.765. The fourth-order valence-corrected chi connectivity index (χ4v) is 2.63. The summed E-state index contributed by atoms with van der Waals surface area (Å²) in [6.45, 7) is 2.47. The Morgan fingerprint density at radius 1 is 1.05 bits per heavy atom. The highest BCUT2D eigenvalue weighted by Crippen LogP contribution is 2.38. The molecule has 3 heterocycles. The lowest BCUT2D eigenvalue weighted by molar-refractivity contribution is 0.0987. The highest BCUT2D eigenvalue weighted by Gasteiger charge is 2.32. The maximum absolute atomic E-state index is 12.8. The van der Waals surface area contributed by atoms with Gasteiger partial charge in [0.2, 0.25) is 0 Å². The first-order valence-electron chi connectivity index (χ1n) is 6.65. The van der Waals surface area contributed by atoms with Crippen LogP contribution in [0, 0.1) is 0 Å². The second kappa shape index (κ2) is 5.66. The summed E-state index contributed by atoms with van der Waals surface area (Å²) in [5, 5.41) is 16.2. The SMILES string of the molecule is CCCN1C(=O)c2cc(Cl)nnc2N(C)c2cc(Cl)nnc21. The van der Waals surface area contributed by atoms with Crippen molar-refractivity contribution in [2.24, 2.45) is 0 Å². The summed E-state index contributed by atoms with van der Waals surface area (Å²) in [4.78, 5) is 16.1. The predicted molar refractivity (Wildman–Crippen MR) is 84.1 cm³/mol. The molecular formula is C13H12Cl2N6O. The van der Waals surface area contributed by atoms with Crippen molar-refractivity contribution in [3.8, 4) is 0 Å². The van der Waals surface area contributed by atoms with Crippen LogP contribution in [0.3, 0.4) is 0 Å². The Labute approximate surface area is 136 Å². The molecule has 2 aromatic rings. The van der Waals surface area contributed by atoms with Crippen LogP contribution >= 0.6 is 23.2 Å². The Morgan fingerprint density at radius 2 is 1.68 bits per heavy atom. The monoisotopic (exact) mass is 338 g/mol. The smallest absolute Gasteiger partial charge is 0.263 e. The third-order valence-corrected chi connectivity index (χ3v) is 3.70. The van der Waals surface area contributed by atoms with E-state index in [1.165, 1.54) is 6.07 Å². The maximum Gasteiger partial charge on any atom is 0.263 e. The first-order valence-corrected chi connectivity index (χ1v) is 7.40. The summed E-state index contributed by atoms with van der Waals surface area (Å²) in [5.41, 5.74) is 1.00. The topological polar surface area (TPSA) is 75.1 Å². The fraction of sp³-hybridized carbons (Fsp3) is 0.308. The Morgan fingerprint density at radius 3 is 2.36 bits per heavy atom. The number of amides is 1. The van der Waals surface area contributed by atoms with E-state index in [1.807, 2.05) is 6.92 Å². The molecule has 0 fully saturated rings. The number of rotatable bonds is 2. The lowest BCUT2D eigenvalue weighted by Crippen LogP contribution is -2.32. The molecule has 0 atom stereocenters. The van der Waals surface area contributed by atoms with Crippen molar-refractivity contribution in [3.63, 3.8) is 0 Å². The number of halogens is 2. The molecule has 114 valence electrons. The summed E-state index contributed by atoms with van der Waals surface area (Å²) >= 11 is 11.8. The summed E-state index contributed by atoms with van der Waals surface area (Å²) in [5.74, 6) is 0.599. The number of carbonyl (C=O) groups is 1. The lowest BCUT2D eigenvalue weighted by Gasteiger charge is -2.21. The summed E-state index contributed by atoms with van der Waals surface area (Å²) in [7, 11) is 1.76. The van der Waals surface area contributed by atoms with Crippen molar-refractivity contribution in [3.05, 3.63) is 28.0 Å². The molecule has 0 saturated heterocycles. The minimum absolute atomic E-state index is 0.159. The molecule has 7 nitrogen and oxygen atoms in total. The number of aromatic nitrogens is 4. The molecule has 22 heavy (non-hydrogen) atoms. The van der Waals surface area contributed by atoms with Crippen LogP contribution in [0.2, 0.25) is 10.3 Å². The normalized spacial score (nSPS) is 13.7. The number of carbonyl (C=O) groups excluding carboxylic acids is 1. The largest absolute Gasteiger partial charge is 0.324 e. The van der Waals surface area contributed by atoms with Gasteiger partial charge >= 0.3 is 0 Å². The van der Waals surface area contributed by atoms with E-state index >= 15 is 0 Å². The van der Waals surface area contributed by atoms with Crippen LogP contribution in [-0.4, -0.2) is 39.9 Å². The van der Waals surface area contributed by atoms with E-state index in [0.29, 0.717) is 29.4 Å². The van der Waals surface area contributed by atoms with Gasteiger partial charge in [-0.1, -0.05) is 30.1 Å². The Bertz CT molecular complexity index is 753. The first-order chi connectivity index (χ1) is 10.5. The molecule has 1 amide bonds. The van der Waals surface area contributed by atoms with Crippen LogP contribution in [0.25, 0.3) is 0 Å². The van der Waals surface area contributed by atoms with Crippen molar-refractivity contribution >= 4 is 46.4 Å². The maximum atomic E-state index is 12.8. The van der Waals surface area contributed by atoms with Crippen LogP contribution < -0.4 is 9.80 Å². The molecule has 1 aliphatic rings. The minimum Gasteiger partial charge on any atom is -0.324 e. The first kappa shape index (κ1) is 14.9. The zero-order valence-electron chi connectivity index (χ0n) is 11.9. The molecule has 3 rings (SSSR count). The van der Waals surface area contributed by atoms with Crippen molar-refractivity contribution in [2.75, 3.05) is 23.4 Å². The van der Waals surface area contributed by atoms with Gasteiger partial charge in [-0.25, -0.2) is 0 Å². The van der Waals surface area contributed by atoms with Gasteiger partial charge in [0.1, 0.15) is 0 Å². The Kier molecular flexibility index (Phi) is 3.84. The van der Waals surface area contributed by atoms with Crippen LogP contribution in [-0.2, 0) is 0 Å². The van der Waals surface area contributed by atoms with E-state index < -0.39 is 0 Å². The van der Waals surface area contributed by atoms with E-state index in [0.717, 1.165) is 6.42 Å². The van der Waals surface area contributed by atoms with Crippen LogP contribution in [0.15, 0.2) is 12.1 Å². The van der Waals surface area contributed by atoms with Crippen molar-refractivity contribution in [1.82, 2.24) is 20.4 Å². The molecule has 2 aromatic heterocycles. The molecule has 0 aliphatic carbocycles. The quantitative estimate of drug-likeness (QED) is 0.837. The van der Waals surface area contributed by atoms with Crippen molar-refractivity contribution in [1.29, 1.82) is 0 Å². The molecule has 0 aromatic carbocycles. The van der Waals surface area contributed by atoms with Gasteiger partial charge in [-0.05, 0) is 12.5 Å². The molecular weight excluding hydrogens is 327 g/mol. The second-order valence-electron chi connectivity index (χ2n) is 4.80. The van der Waals surface area contributed by atoms with E-state index in [9.17, 15) is 4.79 Å². The molecule has 0 N–H and O–H groups in total. The van der Waals surface area contributed by atoms with Crippen molar-refractivity contribution in [2.45, 2.75) is 13.3 Å². The number of hydrogen-bond donors (Lipinski definition) is 0. The van der Waals surface area contributed by atoms with Gasteiger partial charge in [-0.2, -0.15) is 0 Å². The third-order valence-electron chi connectivity index (χ3n) is 3.33. The van der Waals surface area contributed by atoms with E-state index in [4.69, 9.17) is 23.2 Å². The van der Waals surface area contributed by atoms with Gasteiger partial charge in [0, 0.05) is 19.7 Å². The average Bonchev–Trinajstić information content (AvgIpc) is 2.58. The summed E-state index contributed by atoms with van der Waals surface area (Å²) in [6, 6.07) is 3.15. The van der Waals surface area contributed by atoms with Gasteiger partial charge in [0.05, 0.1) is 11.3 Å². The van der Waals surface area contributed by atoms with Gasteiger partial charge in [-0.3, -0.25) is 9.69 Å². The highest BCUT2D eigenvalue weighted by molar-refractivity contribution is 6.30. The molecule has 0 radical (unpaired) electrons. The van der Waals surface area contributed by atoms with Crippen LogP contribution in [0.5, 0.6) is 0 Å². The average molecular weight is 339 g/mol. The molecule has 0 bridgehead atoms. The lowest BCUT2D eigenvalue weighted by atomic mass is 10.2. The number of hydrogen-bond acceptors (Lipinski definition) is 6. The second-order valence-corrected chi connectivity index (χ2v) is 5.57. The molecule has 0 unspecified atom stereocenters. The zero-order chi connectivity index (χ0) is 15.9. The zero-order valence-corrected chi connectivity index (χ0v) is 13.4. The van der Waals surface area contributed by atoms with Gasteiger partial charge in [-0.15, -0.1) is 20.4 Å². The predicted octanol–water partition coefficient (Wildman–Crippen LogP) is 2.71. The number of nitrogens with zero attached hydrogens (tertiary/aromatic N) is 6. The fourth-order valence-electron chi connectivity index (χ4n) is 2.35. The highest BCUT2D eigenvalue weighted by atomic mass is 35.5. The Hall–Kier alpha value is -1.99. The summed E-state index contributed by atoms with van der Waals surface area (Å²) < 4.78 is 0. The van der Waals surface area contributed by atoms with E-state index in [1.54, 1.807) is 22.9 Å². The van der Waals surface area contributed by atoms with Gasteiger partial charge in [0.25, 0.3) is 5.91 Å². The van der Waals surface area contributed by atoms with Gasteiger partial charge in [0.15, 0.2) is 21.9 Å². The molecule has 0 spiro atoms. The number of fused-ring (bicyclic) bond motifs is 2. The van der Waals surface area contributed by atoms with Gasteiger partial charge < -0.3 is 4.90 Å². The van der Waals surface area contributed by atoms with Crippen LogP contribution in [0.4, 0.5) is 17.3 Å². The third kappa shape index (κ3) is 2.36. The Balaban J connectivity index is 2.28. The van der Waals surface area contributed by atoms with E-state index in [-0.39, 0.29) is 16.2 Å². The van der Waals surface area contributed by atoms with Crippen LogP contribution in [0.1, 0.15) is 23.7 Å². The van der Waals surface area contributed by atoms with Crippen molar-refractivity contribution < 1.29 is 4.79 Å². The number of anilines is 3. The standard InChI is InChI=1S/C13H12Cl2N6O/c1-3-4-21-12-8(6-10(15)17-19-12)20(2)11-7(13(21)22)5-9(14)16-18-11/h5-6H,3-4H2,1-2H3. The molecule has 1 aliphatic heterocycles. The molecule has 9 heteroatoms. The van der Waals surface area contributed by atoms with E-state index in [2.05, 4.69) is 20.4 Å². The molecule has 0 saturated carbocycles. The minimum atomic E-state index is -0.240.